The minimum Gasteiger partial charge on any atom is -0.460 e. The van der Waals surface area contributed by atoms with Crippen LogP contribution in [0.1, 0.15) is 92.9 Å². The molecule has 0 aromatic rings. The van der Waals surface area contributed by atoms with Crippen molar-refractivity contribution >= 4 is 108 Å². The second-order valence-corrected chi connectivity index (χ2v) is 25.0. The molecule has 0 fully saturated rings. The lowest BCUT2D eigenvalue weighted by atomic mass is 10.0. The van der Waals surface area contributed by atoms with Gasteiger partial charge in [0.25, 0.3) is 0 Å². The SMILES string of the molecule is CCCSC(=S)SC(C)(C)C(=O)CCCC[SiH2]O[Si](C)(C)CCCCC(=O)C(C)(C)SC(=S)SCCC. The van der Waals surface area contributed by atoms with Crippen molar-refractivity contribution in [3.63, 3.8) is 0 Å². The first-order valence-electron chi connectivity index (χ1n) is 13.6. The lowest BCUT2D eigenvalue weighted by Gasteiger charge is -2.25. The van der Waals surface area contributed by atoms with Crippen molar-refractivity contribution in [1.29, 1.82) is 0 Å². The van der Waals surface area contributed by atoms with Crippen LogP contribution in [0.2, 0.25) is 25.2 Å². The van der Waals surface area contributed by atoms with Crippen LogP contribution in [0.5, 0.6) is 0 Å². The molecule has 0 spiro atoms. The van der Waals surface area contributed by atoms with E-state index in [-0.39, 0.29) is 0 Å². The third kappa shape index (κ3) is 19.1. The van der Waals surface area contributed by atoms with E-state index in [0.717, 1.165) is 69.2 Å². The van der Waals surface area contributed by atoms with E-state index in [0.29, 0.717) is 24.4 Å². The monoisotopic (exact) mass is 658 g/mol. The average Bonchev–Trinajstić information content (AvgIpc) is 2.80. The highest BCUT2D eigenvalue weighted by molar-refractivity contribution is 8.48. The molecule has 0 atom stereocenters. The van der Waals surface area contributed by atoms with Crippen molar-refractivity contribution in [2.24, 2.45) is 0 Å². The van der Waals surface area contributed by atoms with Gasteiger partial charge in [0.2, 0.25) is 0 Å². The van der Waals surface area contributed by atoms with Crippen LogP contribution in [0.3, 0.4) is 0 Å². The first-order valence-corrected chi connectivity index (χ1v) is 22.7. The van der Waals surface area contributed by atoms with Crippen molar-refractivity contribution in [3.8, 4) is 0 Å². The second-order valence-electron chi connectivity index (χ2n) is 10.9. The van der Waals surface area contributed by atoms with Crippen molar-refractivity contribution < 1.29 is 13.7 Å². The van der Waals surface area contributed by atoms with Gasteiger partial charge >= 0.3 is 0 Å². The average molecular weight is 659 g/mol. The van der Waals surface area contributed by atoms with Crippen molar-refractivity contribution in [2.45, 2.75) is 128 Å². The van der Waals surface area contributed by atoms with E-state index in [2.05, 4.69) is 26.9 Å². The number of hydrogen-bond acceptors (Lipinski definition) is 9. The zero-order chi connectivity index (χ0) is 28.5. The Kier molecular flexibility index (Phi) is 21.0. The fourth-order valence-corrected chi connectivity index (χ4v) is 14.4. The Morgan fingerprint density at radius 2 is 1.22 bits per heavy atom. The topological polar surface area (TPSA) is 43.4 Å². The minimum atomic E-state index is -1.67. The molecule has 0 aromatic heterocycles. The summed E-state index contributed by atoms with van der Waals surface area (Å²) in [4.78, 5) is 25.4. The molecule has 0 rings (SSSR count). The molecule has 0 heterocycles. The predicted octanol–water partition coefficient (Wildman–Crippen LogP) is 9.07. The molecule has 0 amide bonds. The number of carbonyl (C=O) groups excluding carboxylic acids is 2. The van der Waals surface area contributed by atoms with E-state index in [9.17, 15) is 9.59 Å². The Labute approximate surface area is 259 Å². The lowest BCUT2D eigenvalue weighted by Crippen LogP contribution is -2.32. The van der Waals surface area contributed by atoms with Crippen LogP contribution in [0.25, 0.3) is 0 Å². The molecule has 0 N–H and O–H groups in total. The molecule has 0 aliphatic heterocycles. The summed E-state index contributed by atoms with van der Waals surface area (Å²) in [6, 6.07) is 2.23. The molecule has 0 radical (unpaired) electrons. The Balaban J connectivity index is 4.12. The summed E-state index contributed by atoms with van der Waals surface area (Å²) in [5, 5.41) is 0. The van der Waals surface area contributed by atoms with E-state index >= 15 is 0 Å². The van der Waals surface area contributed by atoms with Gasteiger partial charge in [-0.05, 0) is 90.1 Å². The van der Waals surface area contributed by atoms with Crippen LogP contribution in [0.15, 0.2) is 0 Å². The van der Waals surface area contributed by atoms with Crippen molar-refractivity contribution in [2.75, 3.05) is 11.5 Å². The van der Waals surface area contributed by atoms with Crippen LogP contribution in [0, 0.1) is 0 Å². The normalized spacial score (nSPS) is 12.9. The number of hydrogen-bond donors (Lipinski definition) is 0. The third-order valence-electron chi connectivity index (χ3n) is 5.84. The van der Waals surface area contributed by atoms with Crippen LogP contribution in [-0.2, 0) is 13.7 Å². The predicted molar refractivity (Wildman–Crippen MR) is 188 cm³/mol. The summed E-state index contributed by atoms with van der Waals surface area (Å²) < 4.78 is 7.30. The van der Waals surface area contributed by atoms with Crippen LogP contribution < -0.4 is 0 Å². The molecule has 3 nitrogen and oxygen atoms in total. The molecule has 216 valence electrons. The van der Waals surface area contributed by atoms with Crippen molar-refractivity contribution in [1.82, 2.24) is 0 Å². The van der Waals surface area contributed by atoms with Gasteiger partial charge in [-0.2, -0.15) is 0 Å². The van der Waals surface area contributed by atoms with Crippen LogP contribution in [0.4, 0.5) is 0 Å². The first kappa shape index (κ1) is 38.3. The van der Waals surface area contributed by atoms with Gasteiger partial charge in [-0.3, -0.25) is 9.59 Å². The fraction of sp³-hybridized carbons (Fsp3) is 0.846. The number of unbranched alkanes of at least 4 members (excludes halogenated alkanes) is 2. The summed E-state index contributed by atoms with van der Waals surface area (Å²) in [7, 11) is -2.23. The zero-order valence-electron chi connectivity index (χ0n) is 24.4. The number of carbonyl (C=O) groups is 2. The molecule has 0 aliphatic rings. The molecule has 0 saturated heterocycles. The van der Waals surface area contributed by atoms with E-state index in [1.165, 1.54) is 0 Å². The van der Waals surface area contributed by atoms with E-state index in [1.54, 1.807) is 47.0 Å². The number of ketones is 2. The summed E-state index contributed by atoms with van der Waals surface area (Å²) in [5.74, 6) is 2.63. The molecule has 0 saturated carbocycles. The molecular weight excluding hydrogens is 609 g/mol. The first-order chi connectivity index (χ1) is 17.2. The maximum atomic E-state index is 12.7. The standard InChI is InChI=1S/C26H50O3S6Si2/c1-9-17-32-23(30)34-25(3,4)21(27)15-11-13-19-36-29-37(7,8)20-14-12-16-22(28)26(5,6)35-24(31)33-18-10-2/h9-20,36H2,1-8H3. The largest absolute Gasteiger partial charge is 0.460 e. The minimum absolute atomic E-state index is 0.296. The zero-order valence-corrected chi connectivity index (χ0v) is 31.7. The summed E-state index contributed by atoms with van der Waals surface area (Å²) in [6.45, 7) is 16.9. The second kappa shape index (κ2) is 20.2. The van der Waals surface area contributed by atoms with Crippen LogP contribution >= 0.6 is 71.5 Å². The van der Waals surface area contributed by atoms with Crippen molar-refractivity contribution in [3.05, 3.63) is 0 Å². The molecule has 11 heteroatoms. The third-order valence-corrected chi connectivity index (χ3v) is 18.1. The Morgan fingerprint density at radius 3 is 1.65 bits per heavy atom. The number of Topliss-reactive ketones (excluding diaryl/α,β-unsaturated/α-hetero) is 2. The van der Waals surface area contributed by atoms with Gasteiger partial charge in [0.05, 0.1) is 9.49 Å². The van der Waals surface area contributed by atoms with Gasteiger partial charge in [0.1, 0.15) is 28.4 Å². The highest BCUT2D eigenvalue weighted by atomic mass is 32.2. The Bertz CT molecular complexity index is 729. The van der Waals surface area contributed by atoms with Gasteiger partial charge < -0.3 is 4.12 Å². The number of thioether (sulfide) groups is 4. The van der Waals surface area contributed by atoms with Gasteiger partial charge in [-0.1, -0.05) is 74.6 Å². The highest BCUT2D eigenvalue weighted by Crippen LogP contribution is 2.34. The smallest absolute Gasteiger partial charge is 0.172 e. The Morgan fingerprint density at radius 1 is 0.784 bits per heavy atom. The lowest BCUT2D eigenvalue weighted by molar-refractivity contribution is -0.121. The summed E-state index contributed by atoms with van der Waals surface area (Å²) in [6.07, 6.45) is 7.41. The molecule has 0 aromatic carbocycles. The van der Waals surface area contributed by atoms with E-state index < -0.39 is 27.6 Å². The molecule has 0 bridgehead atoms. The molecule has 37 heavy (non-hydrogen) atoms. The summed E-state index contributed by atoms with van der Waals surface area (Å²) in [5.41, 5.74) is 0. The van der Waals surface area contributed by atoms with Gasteiger partial charge in [0, 0.05) is 12.8 Å². The molecule has 0 aliphatic carbocycles. The summed E-state index contributed by atoms with van der Waals surface area (Å²) >= 11 is 17.3. The number of rotatable bonds is 20. The highest BCUT2D eigenvalue weighted by Gasteiger charge is 2.30. The number of thiocarbonyl (C=S) groups is 2. The Hall–Kier alpha value is 1.31. The maximum absolute atomic E-state index is 12.7. The van der Waals surface area contributed by atoms with E-state index in [1.807, 2.05) is 27.7 Å². The quantitative estimate of drug-likeness (QED) is 0.0724. The van der Waals surface area contributed by atoms with Gasteiger partial charge in [-0.15, -0.1) is 23.5 Å². The molecule has 0 unspecified atom stereocenters. The van der Waals surface area contributed by atoms with Gasteiger partial charge in [0.15, 0.2) is 8.32 Å². The molecular formula is C26H50O3S6Si2. The fourth-order valence-electron chi connectivity index (χ4n) is 3.38. The van der Waals surface area contributed by atoms with Crippen LogP contribution in [-0.4, -0.2) is 57.7 Å². The maximum Gasteiger partial charge on any atom is 0.172 e. The van der Waals surface area contributed by atoms with Gasteiger partial charge in [-0.25, -0.2) is 0 Å². The van der Waals surface area contributed by atoms with E-state index in [4.69, 9.17) is 28.6 Å².